The Morgan fingerprint density at radius 3 is 2.72 bits per heavy atom. The van der Waals surface area contributed by atoms with Crippen molar-refractivity contribution in [3.05, 3.63) is 51.3 Å². The van der Waals surface area contributed by atoms with Crippen molar-refractivity contribution in [2.24, 2.45) is 0 Å². The number of hydrogen-bond donors (Lipinski definition) is 0. The summed E-state index contributed by atoms with van der Waals surface area (Å²) in [4.78, 5) is 10.6. The number of aromatic nitrogens is 1. The maximum Gasteiger partial charge on any atom is 0.289 e. The second kappa shape index (κ2) is 5.00. The molecule has 0 amide bonds. The lowest BCUT2D eigenvalue weighted by atomic mass is 10.1. The smallest absolute Gasteiger partial charge is 0.289 e. The highest BCUT2D eigenvalue weighted by molar-refractivity contribution is 5.85. The van der Waals surface area contributed by atoms with Crippen molar-refractivity contribution < 1.29 is 9.65 Å². The predicted octanol–water partition coefficient (Wildman–Crippen LogP) is 2.72. The Morgan fingerprint density at radius 2 is 2.06 bits per heavy atom. The number of nitro groups is 1. The Kier molecular flexibility index (Phi) is 3.41. The first-order valence-corrected chi connectivity index (χ1v) is 5.93. The normalized spacial score (nSPS) is 10.7. The summed E-state index contributed by atoms with van der Waals surface area (Å²) in [6.07, 6.45) is 2.35. The lowest BCUT2D eigenvalue weighted by Crippen LogP contribution is -2.33. The number of pyridine rings is 1. The number of rotatable bonds is 4. The molecule has 0 radical (unpaired) electrons. The zero-order valence-electron chi connectivity index (χ0n) is 10.1. The lowest BCUT2D eigenvalue weighted by molar-refractivity contribution is -0.586. The average molecular weight is 246 g/mol. The molecule has 18 heavy (non-hydrogen) atoms. The van der Waals surface area contributed by atoms with Gasteiger partial charge in [0.2, 0.25) is 5.52 Å². The quantitative estimate of drug-likeness (QED) is 0.360. The summed E-state index contributed by atoms with van der Waals surface area (Å²) in [5.74, 6) is 0. The van der Waals surface area contributed by atoms with Crippen LogP contribution in [-0.4, -0.2) is 4.92 Å². The zero-order chi connectivity index (χ0) is 13.1. The van der Waals surface area contributed by atoms with Crippen LogP contribution >= 0.6 is 0 Å². The minimum Gasteiger partial charge on any atom is -0.618 e. The van der Waals surface area contributed by atoms with Crippen LogP contribution < -0.4 is 4.73 Å². The van der Waals surface area contributed by atoms with Gasteiger partial charge in [-0.15, -0.1) is 0 Å². The molecule has 0 N–H and O–H groups in total. The molecule has 2 rings (SSSR count). The molecular formula is C13H14N2O3. The number of aryl methyl sites for hydroxylation is 1. The molecule has 0 fully saturated rings. The van der Waals surface area contributed by atoms with Crippen LogP contribution in [0.15, 0.2) is 30.3 Å². The van der Waals surface area contributed by atoms with Crippen LogP contribution in [-0.2, 0) is 6.42 Å². The third-order valence-electron chi connectivity index (χ3n) is 2.95. The van der Waals surface area contributed by atoms with E-state index in [9.17, 15) is 15.3 Å². The minimum atomic E-state index is -0.433. The number of fused-ring (bicyclic) bond motifs is 1. The fourth-order valence-electron chi connectivity index (χ4n) is 2.00. The molecule has 1 heterocycles. The maximum atomic E-state index is 12.1. The summed E-state index contributed by atoms with van der Waals surface area (Å²) < 4.78 is 0.804. The Bertz CT molecular complexity index is 596. The van der Waals surface area contributed by atoms with Crippen LogP contribution in [0.25, 0.3) is 10.9 Å². The van der Waals surface area contributed by atoms with Gasteiger partial charge in [0.05, 0.1) is 11.0 Å². The molecule has 0 atom stereocenters. The van der Waals surface area contributed by atoms with Crippen molar-refractivity contribution in [2.75, 3.05) is 0 Å². The van der Waals surface area contributed by atoms with E-state index in [0.717, 1.165) is 17.6 Å². The SMILES string of the molecule is CCCCc1cc([N+](=O)[O-])c2ccccc2[n+]1[O-]. The molecule has 5 nitrogen and oxygen atoms in total. The van der Waals surface area contributed by atoms with Crippen molar-refractivity contribution in [1.29, 1.82) is 0 Å². The van der Waals surface area contributed by atoms with Gasteiger partial charge >= 0.3 is 0 Å². The molecule has 1 aromatic carbocycles. The largest absolute Gasteiger partial charge is 0.618 e. The summed E-state index contributed by atoms with van der Waals surface area (Å²) in [6, 6.07) is 8.02. The highest BCUT2D eigenvalue weighted by Gasteiger charge is 2.21. The van der Waals surface area contributed by atoms with Gasteiger partial charge in [-0.2, -0.15) is 4.73 Å². The number of hydrogen-bond acceptors (Lipinski definition) is 3. The lowest BCUT2D eigenvalue weighted by Gasteiger charge is -2.07. The van der Waals surface area contributed by atoms with E-state index in [-0.39, 0.29) is 5.69 Å². The highest BCUT2D eigenvalue weighted by Crippen LogP contribution is 2.24. The minimum absolute atomic E-state index is 0.00352. The third-order valence-corrected chi connectivity index (χ3v) is 2.95. The topological polar surface area (TPSA) is 70.1 Å². The summed E-state index contributed by atoms with van der Waals surface area (Å²) in [5, 5.41) is 23.5. The molecule has 0 bridgehead atoms. The van der Waals surface area contributed by atoms with Gasteiger partial charge < -0.3 is 5.21 Å². The molecule has 0 aliphatic carbocycles. The van der Waals surface area contributed by atoms with Gasteiger partial charge in [0, 0.05) is 12.5 Å². The number of para-hydroxylation sites is 1. The van der Waals surface area contributed by atoms with E-state index in [1.165, 1.54) is 6.07 Å². The van der Waals surface area contributed by atoms with Crippen LogP contribution in [0.4, 0.5) is 5.69 Å². The van der Waals surface area contributed by atoms with Crippen molar-refractivity contribution in [1.82, 2.24) is 0 Å². The fraction of sp³-hybridized carbons (Fsp3) is 0.308. The molecule has 0 spiro atoms. The second-order valence-electron chi connectivity index (χ2n) is 4.19. The van der Waals surface area contributed by atoms with E-state index in [1.54, 1.807) is 24.3 Å². The standard InChI is InChI=1S/C13H14N2O3/c1-2-3-6-10-9-13(15(17)18)11-7-4-5-8-12(11)14(10)16/h4-5,7-9H,2-3,6H2,1H3. The molecule has 0 saturated carbocycles. The molecule has 0 aliphatic heterocycles. The summed E-state index contributed by atoms with van der Waals surface area (Å²) in [6.45, 7) is 2.02. The van der Waals surface area contributed by atoms with Crippen LogP contribution in [0.3, 0.4) is 0 Å². The first kappa shape index (κ1) is 12.3. The number of benzene rings is 1. The van der Waals surface area contributed by atoms with Crippen LogP contribution in [0, 0.1) is 15.3 Å². The van der Waals surface area contributed by atoms with Gasteiger partial charge in [0.1, 0.15) is 5.39 Å². The van der Waals surface area contributed by atoms with E-state index < -0.39 is 4.92 Å². The average Bonchev–Trinajstić information content (AvgIpc) is 2.38. The molecular weight excluding hydrogens is 232 g/mol. The first-order chi connectivity index (χ1) is 8.65. The Hall–Kier alpha value is -2.17. The molecule has 0 saturated heterocycles. The van der Waals surface area contributed by atoms with Crippen LogP contribution in [0.2, 0.25) is 0 Å². The van der Waals surface area contributed by atoms with Crippen molar-refractivity contribution in [2.45, 2.75) is 26.2 Å². The van der Waals surface area contributed by atoms with Gasteiger partial charge in [-0.3, -0.25) is 10.1 Å². The third kappa shape index (κ3) is 2.11. The van der Waals surface area contributed by atoms with Gasteiger partial charge in [-0.1, -0.05) is 25.5 Å². The molecule has 0 aliphatic rings. The van der Waals surface area contributed by atoms with Gasteiger partial charge in [0.15, 0.2) is 5.69 Å². The van der Waals surface area contributed by atoms with Crippen LogP contribution in [0.1, 0.15) is 25.5 Å². The van der Waals surface area contributed by atoms with E-state index in [1.807, 2.05) is 6.92 Å². The maximum absolute atomic E-state index is 12.1. The van der Waals surface area contributed by atoms with Gasteiger partial charge in [-0.05, 0) is 12.5 Å². The second-order valence-corrected chi connectivity index (χ2v) is 4.19. The summed E-state index contributed by atoms with van der Waals surface area (Å²) in [7, 11) is 0. The Labute approximate surface area is 104 Å². The predicted molar refractivity (Wildman–Crippen MR) is 68.2 cm³/mol. The van der Waals surface area contributed by atoms with Crippen molar-refractivity contribution >= 4 is 16.6 Å². The fourth-order valence-corrected chi connectivity index (χ4v) is 2.00. The van der Waals surface area contributed by atoms with Crippen LogP contribution in [0.5, 0.6) is 0 Å². The Balaban J connectivity index is 2.67. The summed E-state index contributed by atoms with van der Waals surface area (Å²) >= 11 is 0. The highest BCUT2D eigenvalue weighted by atomic mass is 16.6. The van der Waals surface area contributed by atoms with Gasteiger partial charge in [0.25, 0.3) is 5.69 Å². The molecule has 2 aromatic rings. The number of unbranched alkanes of at least 4 members (excludes halogenated alkanes) is 1. The first-order valence-electron chi connectivity index (χ1n) is 5.93. The summed E-state index contributed by atoms with van der Waals surface area (Å²) in [5.41, 5.74) is 0.823. The molecule has 0 unspecified atom stereocenters. The zero-order valence-corrected chi connectivity index (χ0v) is 10.1. The number of nitrogens with zero attached hydrogens (tertiary/aromatic N) is 2. The van der Waals surface area contributed by atoms with E-state index >= 15 is 0 Å². The Morgan fingerprint density at radius 1 is 1.33 bits per heavy atom. The van der Waals surface area contributed by atoms with Gasteiger partial charge in [-0.25, -0.2) is 0 Å². The van der Waals surface area contributed by atoms with E-state index in [4.69, 9.17) is 0 Å². The van der Waals surface area contributed by atoms with E-state index in [0.29, 0.717) is 23.0 Å². The molecule has 1 aromatic heterocycles. The van der Waals surface area contributed by atoms with E-state index in [2.05, 4.69) is 0 Å². The monoisotopic (exact) mass is 246 g/mol. The molecule has 94 valence electrons. The molecule has 5 heteroatoms. The van der Waals surface area contributed by atoms with Crippen molar-refractivity contribution in [3.63, 3.8) is 0 Å². The van der Waals surface area contributed by atoms with Crippen molar-refractivity contribution in [3.8, 4) is 0 Å².